The molecule has 0 aliphatic carbocycles. The lowest BCUT2D eigenvalue weighted by atomic mass is 9.75. The highest BCUT2D eigenvalue weighted by molar-refractivity contribution is 5.76. The van der Waals surface area contributed by atoms with Crippen molar-refractivity contribution >= 4 is 5.91 Å². The first-order chi connectivity index (χ1) is 8.18. The lowest BCUT2D eigenvalue weighted by Crippen LogP contribution is -2.36. The van der Waals surface area contributed by atoms with Gasteiger partial charge in [-0.3, -0.25) is 9.78 Å². The van der Waals surface area contributed by atoms with Crippen molar-refractivity contribution in [3.63, 3.8) is 0 Å². The molecule has 0 saturated carbocycles. The molecular formula is C13H19N3O. The van der Waals surface area contributed by atoms with Crippen LogP contribution in [0.25, 0.3) is 0 Å². The van der Waals surface area contributed by atoms with Crippen molar-refractivity contribution in [3.8, 4) is 0 Å². The van der Waals surface area contributed by atoms with Gasteiger partial charge in [0.25, 0.3) is 0 Å². The molecular weight excluding hydrogens is 214 g/mol. The van der Waals surface area contributed by atoms with Crippen LogP contribution in [0.5, 0.6) is 0 Å². The molecule has 92 valence electrons. The van der Waals surface area contributed by atoms with E-state index in [1.165, 1.54) is 5.56 Å². The van der Waals surface area contributed by atoms with Gasteiger partial charge >= 0.3 is 0 Å². The molecule has 2 rings (SSSR count). The molecule has 1 atom stereocenters. The van der Waals surface area contributed by atoms with Crippen LogP contribution in [0.2, 0.25) is 0 Å². The van der Waals surface area contributed by atoms with Gasteiger partial charge < -0.3 is 10.6 Å². The van der Waals surface area contributed by atoms with Crippen LogP contribution < -0.4 is 5.73 Å². The molecule has 1 unspecified atom stereocenters. The van der Waals surface area contributed by atoms with E-state index in [2.05, 4.69) is 4.98 Å². The van der Waals surface area contributed by atoms with Crippen LogP contribution in [0.3, 0.4) is 0 Å². The van der Waals surface area contributed by atoms with Crippen molar-refractivity contribution in [1.29, 1.82) is 0 Å². The number of pyridine rings is 1. The highest BCUT2D eigenvalue weighted by atomic mass is 16.2. The molecule has 0 radical (unpaired) electrons. The van der Waals surface area contributed by atoms with E-state index in [1.54, 1.807) is 17.3 Å². The van der Waals surface area contributed by atoms with Gasteiger partial charge in [-0.1, -0.05) is 0 Å². The standard InChI is InChI=1S/C13H19N3O/c1-16-9-6-13(10-14,5-2-12(16)17)11-3-7-15-8-4-11/h3-4,7-8H,2,5-6,9-10,14H2,1H3. The molecule has 1 fully saturated rings. The molecule has 4 nitrogen and oxygen atoms in total. The Hall–Kier alpha value is -1.42. The Morgan fingerprint density at radius 2 is 2.12 bits per heavy atom. The van der Waals surface area contributed by atoms with Crippen LogP contribution >= 0.6 is 0 Å². The minimum atomic E-state index is -0.0661. The summed E-state index contributed by atoms with van der Waals surface area (Å²) in [7, 11) is 1.86. The average Bonchev–Trinajstić information content (AvgIpc) is 2.53. The van der Waals surface area contributed by atoms with Crippen molar-refractivity contribution in [3.05, 3.63) is 30.1 Å². The lowest BCUT2D eigenvalue weighted by Gasteiger charge is -2.31. The molecule has 2 N–H and O–H groups in total. The van der Waals surface area contributed by atoms with Crippen molar-refractivity contribution < 1.29 is 4.79 Å². The summed E-state index contributed by atoms with van der Waals surface area (Å²) in [5, 5.41) is 0. The molecule has 1 saturated heterocycles. The molecule has 0 aromatic carbocycles. The van der Waals surface area contributed by atoms with Gasteiger partial charge in [-0.2, -0.15) is 0 Å². The third kappa shape index (κ3) is 2.31. The number of hydrogen-bond donors (Lipinski definition) is 1. The van der Waals surface area contributed by atoms with Gasteiger partial charge in [-0.15, -0.1) is 0 Å². The highest BCUT2D eigenvalue weighted by Gasteiger charge is 2.34. The maximum atomic E-state index is 11.7. The van der Waals surface area contributed by atoms with Crippen LogP contribution in [0.4, 0.5) is 0 Å². The smallest absolute Gasteiger partial charge is 0.222 e. The van der Waals surface area contributed by atoms with Crippen LogP contribution in [-0.2, 0) is 10.2 Å². The number of carbonyl (C=O) groups is 1. The van der Waals surface area contributed by atoms with E-state index in [9.17, 15) is 4.79 Å². The molecule has 1 aliphatic heterocycles. The zero-order valence-corrected chi connectivity index (χ0v) is 10.2. The Balaban J connectivity index is 2.29. The van der Waals surface area contributed by atoms with Gasteiger partial charge in [0, 0.05) is 44.4 Å². The van der Waals surface area contributed by atoms with E-state index in [-0.39, 0.29) is 11.3 Å². The maximum Gasteiger partial charge on any atom is 0.222 e. The number of aromatic nitrogens is 1. The number of nitrogens with zero attached hydrogens (tertiary/aromatic N) is 2. The van der Waals surface area contributed by atoms with Crippen LogP contribution in [0.1, 0.15) is 24.8 Å². The van der Waals surface area contributed by atoms with Gasteiger partial charge in [-0.25, -0.2) is 0 Å². The quantitative estimate of drug-likeness (QED) is 0.826. The number of amides is 1. The third-order valence-corrected chi connectivity index (χ3v) is 3.85. The van der Waals surface area contributed by atoms with Gasteiger partial charge in [-0.05, 0) is 30.5 Å². The zero-order chi connectivity index (χ0) is 12.3. The van der Waals surface area contributed by atoms with Gasteiger partial charge in [0.05, 0.1) is 0 Å². The second-order valence-electron chi connectivity index (χ2n) is 4.79. The van der Waals surface area contributed by atoms with Crippen LogP contribution in [-0.4, -0.2) is 35.9 Å². The number of rotatable bonds is 2. The Morgan fingerprint density at radius 3 is 2.76 bits per heavy atom. The molecule has 4 heteroatoms. The molecule has 1 aromatic rings. The summed E-state index contributed by atoms with van der Waals surface area (Å²) in [6.45, 7) is 1.36. The predicted octanol–water partition coefficient (Wildman–Crippen LogP) is 0.920. The fourth-order valence-electron chi connectivity index (χ4n) is 2.48. The Kier molecular flexibility index (Phi) is 3.43. The van der Waals surface area contributed by atoms with Crippen molar-refractivity contribution in [1.82, 2.24) is 9.88 Å². The number of hydrogen-bond acceptors (Lipinski definition) is 3. The van der Waals surface area contributed by atoms with Crippen LogP contribution in [0.15, 0.2) is 24.5 Å². The summed E-state index contributed by atoms with van der Waals surface area (Å²) in [5.74, 6) is 0.217. The summed E-state index contributed by atoms with van der Waals surface area (Å²) >= 11 is 0. The molecule has 1 amide bonds. The number of carbonyl (C=O) groups excluding carboxylic acids is 1. The van der Waals surface area contributed by atoms with E-state index in [0.29, 0.717) is 13.0 Å². The molecule has 2 heterocycles. The Labute approximate surface area is 102 Å². The Bertz CT molecular complexity index is 393. The first kappa shape index (κ1) is 12.0. The maximum absolute atomic E-state index is 11.7. The van der Waals surface area contributed by atoms with Crippen molar-refractivity contribution in [2.24, 2.45) is 5.73 Å². The third-order valence-electron chi connectivity index (χ3n) is 3.85. The normalized spacial score (nSPS) is 25.8. The van der Waals surface area contributed by atoms with E-state index >= 15 is 0 Å². The van der Waals surface area contributed by atoms with Crippen molar-refractivity contribution in [2.75, 3.05) is 20.1 Å². The second kappa shape index (κ2) is 4.84. The van der Waals surface area contributed by atoms with Gasteiger partial charge in [0.2, 0.25) is 5.91 Å². The minimum Gasteiger partial charge on any atom is -0.346 e. The Morgan fingerprint density at radius 1 is 1.41 bits per heavy atom. The van der Waals surface area contributed by atoms with Crippen LogP contribution in [0, 0.1) is 0 Å². The number of nitrogens with two attached hydrogens (primary N) is 1. The molecule has 17 heavy (non-hydrogen) atoms. The van der Waals surface area contributed by atoms with E-state index in [4.69, 9.17) is 5.73 Å². The van der Waals surface area contributed by atoms with Gasteiger partial charge in [0.1, 0.15) is 0 Å². The first-order valence-electron chi connectivity index (χ1n) is 6.02. The summed E-state index contributed by atoms with van der Waals surface area (Å²) in [6.07, 6.45) is 5.93. The zero-order valence-electron chi connectivity index (χ0n) is 10.2. The molecule has 1 aliphatic rings. The fraction of sp³-hybridized carbons (Fsp3) is 0.538. The minimum absolute atomic E-state index is 0.0661. The topological polar surface area (TPSA) is 59.2 Å². The van der Waals surface area contributed by atoms with Crippen molar-refractivity contribution in [2.45, 2.75) is 24.7 Å². The SMILES string of the molecule is CN1CCC(CN)(c2ccncc2)CCC1=O. The first-order valence-corrected chi connectivity index (χ1v) is 6.02. The van der Waals surface area contributed by atoms with E-state index in [1.807, 2.05) is 19.2 Å². The summed E-state index contributed by atoms with van der Waals surface area (Å²) < 4.78 is 0. The van der Waals surface area contributed by atoms with E-state index < -0.39 is 0 Å². The summed E-state index contributed by atoms with van der Waals surface area (Å²) in [5.41, 5.74) is 7.12. The average molecular weight is 233 g/mol. The lowest BCUT2D eigenvalue weighted by molar-refractivity contribution is -0.129. The second-order valence-corrected chi connectivity index (χ2v) is 4.79. The number of likely N-dealkylation sites (tertiary alicyclic amines) is 1. The van der Waals surface area contributed by atoms with Gasteiger partial charge in [0.15, 0.2) is 0 Å². The summed E-state index contributed by atoms with van der Waals surface area (Å²) in [6, 6.07) is 4.03. The predicted molar refractivity (Wildman–Crippen MR) is 66.5 cm³/mol. The summed E-state index contributed by atoms with van der Waals surface area (Å²) in [4.78, 5) is 17.6. The fourth-order valence-corrected chi connectivity index (χ4v) is 2.48. The van der Waals surface area contributed by atoms with E-state index in [0.717, 1.165) is 19.4 Å². The largest absolute Gasteiger partial charge is 0.346 e. The highest BCUT2D eigenvalue weighted by Crippen LogP contribution is 2.34. The molecule has 0 bridgehead atoms. The molecule has 1 aromatic heterocycles. The monoisotopic (exact) mass is 233 g/mol. The molecule has 0 spiro atoms.